The molecular weight excluding hydrogens is 565 g/mol. The standard InChI is InChI=1S/C31H33F3N4O5/c1-18-13-27(31(32,33)34)35-37(18)17-28(39)38-30(21-10-12-24(41-3)26(16-21)43-5)22-8-6-7-20(29(22)36-38)14-19-9-11-23(40-2)25(15-19)42-4/h9-16,22,30H,6-8,17H2,1-5H3/b20-14-/t22-,30+/m1/s1. The van der Waals surface area contributed by atoms with Gasteiger partial charge in [-0.3, -0.25) is 9.48 Å². The van der Waals surface area contributed by atoms with Gasteiger partial charge in [0.1, 0.15) is 6.54 Å². The number of nitrogens with zero attached hydrogens (tertiary/aromatic N) is 4. The summed E-state index contributed by atoms with van der Waals surface area (Å²) in [5, 5.41) is 9.89. The minimum atomic E-state index is -4.62. The van der Waals surface area contributed by atoms with Crippen LogP contribution >= 0.6 is 0 Å². The fourth-order valence-corrected chi connectivity index (χ4v) is 5.73. The van der Waals surface area contributed by atoms with E-state index < -0.39 is 30.4 Å². The Bertz CT molecular complexity index is 1580. The lowest BCUT2D eigenvalue weighted by Crippen LogP contribution is -2.34. The normalized spacial score (nSPS) is 19.2. The first kappa shape index (κ1) is 30.0. The van der Waals surface area contributed by atoms with Crippen molar-refractivity contribution < 1.29 is 36.9 Å². The van der Waals surface area contributed by atoms with Crippen LogP contribution in [-0.2, 0) is 17.5 Å². The van der Waals surface area contributed by atoms with Crippen molar-refractivity contribution in [1.82, 2.24) is 14.8 Å². The molecule has 3 aromatic rings. The molecule has 5 rings (SSSR count). The summed E-state index contributed by atoms with van der Waals surface area (Å²) in [6.45, 7) is 1.09. The summed E-state index contributed by atoms with van der Waals surface area (Å²) in [6.07, 6.45) is -0.211. The number of amides is 1. The van der Waals surface area contributed by atoms with E-state index in [-0.39, 0.29) is 11.6 Å². The zero-order valence-corrected chi connectivity index (χ0v) is 24.6. The molecule has 9 nitrogen and oxygen atoms in total. The lowest BCUT2D eigenvalue weighted by Gasteiger charge is -2.30. The summed E-state index contributed by atoms with van der Waals surface area (Å²) < 4.78 is 62.8. The molecule has 2 atom stereocenters. The average molecular weight is 599 g/mol. The number of fused-ring (bicyclic) bond motifs is 1. The number of methoxy groups -OCH3 is 4. The number of aryl methyl sites for hydroxylation is 1. The van der Waals surface area contributed by atoms with Crippen molar-refractivity contribution in [3.8, 4) is 23.0 Å². The van der Waals surface area contributed by atoms with Crippen molar-refractivity contribution in [2.24, 2.45) is 11.0 Å². The Morgan fingerprint density at radius 2 is 1.60 bits per heavy atom. The Kier molecular flexibility index (Phi) is 8.38. The smallest absolute Gasteiger partial charge is 0.435 e. The second-order valence-electron chi connectivity index (χ2n) is 10.4. The van der Waals surface area contributed by atoms with Crippen LogP contribution in [0.1, 0.15) is 47.8 Å². The van der Waals surface area contributed by atoms with E-state index in [9.17, 15) is 18.0 Å². The van der Waals surface area contributed by atoms with Crippen LogP contribution in [0, 0.1) is 12.8 Å². The molecule has 0 saturated heterocycles. The molecule has 1 aliphatic heterocycles. The lowest BCUT2D eigenvalue weighted by molar-refractivity contribution is -0.142. The quantitative estimate of drug-likeness (QED) is 0.313. The summed E-state index contributed by atoms with van der Waals surface area (Å²) in [6, 6.07) is 11.5. The van der Waals surface area contributed by atoms with E-state index in [1.807, 2.05) is 36.4 Å². The molecule has 2 aromatic carbocycles. The van der Waals surface area contributed by atoms with E-state index in [2.05, 4.69) is 5.10 Å². The number of rotatable bonds is 8. The molecule has 1 aromatic heterocycles. The Labute approximate surface area is 247 Å². The highest BCUT2D eigenvalue weighted by molar-refractivity contribution is 6.08. The van der Waals surface area contributed by atoms with Crippen molar-refractivity contribution >= 4 is 17.7 Å². The minimum Gasteiger partial charge on any atom is -0.493 e. The average Bonchev–Trinajstić information content (AvgIpc) is 3.58. The van der Waals surface area contributed by atoms with Gasteiger partial charge >= 0.3 is 6.18 Å². The number of ether oxygens (including phenoxy) is 4. The Morgan fingerprint density at radius 3 is 2.23 bits per heavy atom. The first-order chi connectivity index (χ1) is 20.6. The molecule has 0 unspecified atom stereocenters. The number of alkyl halides is 3. The van der Waals surface area contributed by atoms with E-state index in [1.165, 1.54) is 26.2 Å². The maximum Gasteiger partial charge on any atom is 0.435 e. The monoisotopic (exact) mass is 598 g/mol. The van der Waals surface area contributed by atoms with Gasteiger partial charge < -0.3 is 18.9 Å². The fraction of sp³-hybridized carbons (Fsp3) is 0.387. The third-order valence-corrected chi connectivity index (χ3v) is 7.81. The molecule has 0 spiro atoms. The van der Waals surface area contributed by atoms with Crippen LogP contribution in [0.3, 0.4) is 0 Å². The van der Waals surface area contributed by atoms with Gasteiger partial charge in [0.15, 0.2) is 28.7 Å². The van der Waals surface area contributed by atoms with Gasteiger partial charge in [-0.05, 0) is 79.3 Å². The summed E-state index contributed by atoms with van der Waals surface area (Å²) >= 11 is 0. The molecule has 0 bridgehead atoms. The minimum absolute atomic E-state index is 0.147. The van der Waals surface area contributed by atoms with Gasteiger partial charge in [-0.15, -0.1) is 0 Å². The zero-order chi connectivity index (χ0) is 30.9. The third-order valence-electron chi connectivity index (χ3n) is 7.81. The molecule has 1 amide bonds. The molecule has 1 aliphatic carbocycles. The van der Waals surface area contributed by atoms with Crippen LogP contribution in [0.15, 0.2) is 53.1 Å². The van der Waals surface area contributed by atoms with Gasteiger partial charge in [-0.1, -0.05) is 12.1 Å². The first-order valence-electron chi connectivity index (χ1n) is 13.7. The van der Waals surface area contributed by atoms with Gasteiger partial charge in [0.25, 0.3) is 5.91 Å². The molecule has 1 fully saturated rings. The van der Waals surface area contributed by atoms with Crippen molar-refractivity contribution in [2.45, 2.75) is 44.9 Å². The summed E-state index contributed by atoms with van der Waals surface area (Å²) in [4.78, 5) is 13.8. The molecule has 2 heterocycles. The van der Waals surface area contributed by atoms with Crippen LogP contribution in [0.4, 0.5) is 13.2 Å². The predicted molar refractivity (Wildman–Crippen MR) is 153 cm³/mol. The molecule has 12 heteroatoms. The SMILES string of the molecule is COc1ccc(/C=C2/CCC[C@@H]3C2=NN(C(=O)Cn2nc(C(F)(F)F)cc2C)[C@H]3c2ccc(OC)c(OC)c2)cc1OC. The van der Waals surface area contributed by atoms with E-state index in [0.717, 1.165) is 52.4 Å². The lowest BCUT2D eigenvalue weighted by atomic mass is 9.77. The number of hydrogen-bond donors (Lipinski definition) is 0. The first-order valence-corrected chi connectivity index (χ1v) is 13.7. The van der Waals surface area contributed by atoms with Crippen molar-refractivity contribution in [3.05, 3.63) is 70.6 Å². The predicted octanol–water partition coefficient (Wildman–Crippen LogP) is 6.07. The number of allylic oxidation sites excluding steroid dienone is 1. The Morgan fingerprint density at radius 1 is 0.953 bits per heavy atom. The fourth-order valence-electron chi connectivity index (χ4n) is 5.73. The number of benzene rings is 2. The number of carbonyl (C=O) groups excluding carboxylic acids is 1. The van der Waals surface area contributed by atoms with Gasteiger partial charge in [0, 0.05) is 11.6 Å². The number of carbonyl (C=O) groups is 1. The highest BCUT2D eigenvalue weighted by atomic mass is 19.4. The van der Waals surface area contributed by atoms with Crippen LogP contribution in [0.2, 0.25) is 0 Å². The number of aromatic nitrogens is 2. The van der Waals surface area contributed by atoms with E-state index in [4.69, 9.17) is 24.0 Å². The summed E-state index contributed by atoms with van der Waals surface area (Å²) in [5.41, 5.74) is 2.57. The maximum atomic E-state index is 13.8. The van der Waals surface area contributed by atoms with E-state index in [0.29, 0.717) is 23.0 Å². The van der Waals surface area contributed by atoms with Gasteiger partial charge in [-0.25, -0.2) is 5.01 Å². The van der Waals surface area contributed by atoms with Crippen LogP contribution in [-0.4, -0.2) is 54.8 Å². The second kappa shape index (κ2) is 12.0. The maximum absolute atomic E-state index is 13.8. The number of hydrazone groups is 1. The van der Waals surface area contributed by atoms with E-state index in [1.54, 1.807) is 20.3 Å². The number of hydrogen-bond acceptors (Lipinski definition) is 7. The highest BCUT2D eigenvalue weighted by Crippen LogP contribution is 2.46. The Hall–Kier alpha value is -4.48. The molecule has 0 N–H and O–H groups in total. The van der Waals surface area contributed by atoms with Crippen molar-refractivity contribution in [1.29, 1.82) is 0 Å². The third kappa shape index (κ3) is 5.91. The van der Waals surface area contributed by atoms with Gasteiger partial charge in [0.05, 0.1) is 40.2 Å². The van der Waals surface area contributed by atoms with Crippen molar-refractivity contribution in [2.75, 3.05) is 28.4 Å². The Balaban J connectivity index is 1.55. The molecular formula is C31H33F3N4O5. The van der Waals surface area contributed by atoms with Gasteiger partial charge in [0.2, 0.25) is 0 Å². The molecule has 228 valence electrons. The molecule has 43 heavy (non-hydrogen) atoms. The largest absolute Gasteiger partial charge is 0.493 e. The van der Waals surface area contributed by atoms with Crippen LogP contribution in [0.5, 0.6) is 23.0 Å². The topological polar surface area (TPSA) is 87.4 Å². The summed E-state index contributed by atoms with van der Waals surface area (Å²) in [5.74, 6) is 1.60. The van der Waals surface area contributed by atoms with E-state index >= 15 is 0 Å². The highest BCUT2D eigenvalue weighted by Gasteiger charge is 2.44. The number of halogens is 3. The second-order valence-corrected chi connectivity index (χ2v) is 10.4. The summed E-state index contributed by atoms with van der Waals surface area (Å²) in [7, 11) is 6.22. The van der Waals surface area contributed by atoms with Crippen LogP contribution in [0.25, 0.3) is 6.08 Å². The van der Waals surface area contributed by atoms with Gasteiger partial charge in [-0.2, -0.15) is 23.4 Å². The molecule has 1 saturated carbocycles. The molecule has 0 radical (unpaired) electrons. The molecule has 2 aliphatic rings. The van der Waals surface area contributed by atoms with Crippen molar-refractivity contribution in [3.63, 3.8) is 0 Å². The zero-order valence-electron chi connectivity index (χ0n) is 24.6. The van der Waals surface area contributed by atoms with Crippen LogP contribution < -0.4 is 18.9 Å².